The van der Waals surface area contributed by atoms with Gasteiger partial charge in [-0.15, -0.1) is 11.3 Å². The molecule has 2 heterocycles. The van der Waals surface area contributed by atoms with Crippen molar-refractivity contribution in [2.75, 3.05) is 26.2 Å². The third kappa shape index (κ3) is 3.10. The van der Waals surface area contributed by atoms with Gasteiger partial charge in [0.2, 0.25) is 10.0 Å². The van der Waals surface area contributed by atoms with Crippen LogP contribution in [0.2, 0.25) is 0 Å². The highest BCUT2D eigenvalue weighted by atomic mass is 79.9. The molecule has 1 N–H and O–H groups in total. The van der Waals surface area contributed by atoms with Crippen LogP contribution in [0.5, 0.6) is 0 Å². The number of sulfonamides is 1. The van der Waals surface area contributed by atoms with E-state index in [0.717, 1.165) is 16.8 Å². The van der Waals surface area contributed by atoms with Crippen LogP contribution in [0.4, 0.5) is 0 Å². The summed E-state index contributed by atoms with van der Waals surface area (Å²) in [5.41, 5.74) is 0. The van der Waals surface area contributed by atoms with Crippen molar-refractivity contribution in [2.45, 2.75) is 11.3 Å². The van der Waals surface area contributed by atoms with E-state index < -0.39 is 10.0 Å². The summed E-state index contributed by atoms with van der Waals surface area (Å²) in [6, 6.07) is 1.66. The number of rotatable bonds is 2. The zero-order chi connectivity index (χ0) is 12.5. The Morgan fingerprint density at radius 3 is 2.71 bits per heavy atom. The summed E-state index contributed by atoms with van der Waals surface area (Å²) >= 11 is 7.99. The molecule has 1 saturated heterocycles. The van der Waals surface area contributed by atoms with Crippen LogP contribution in [0, 0.1) is 0 Å². The Balaban J connectivity index is 2.31. The lowest BCUT2D eigenvalue weighted by atomic mass is 10.4. The summed E-state index contributed by atoms with van der Waals surface area (Å²) in [7, 11) is -3.37. The largest absolute Gasteiger partial charge is 0.315 e. The summed E-state index contributed by atoms with van der Waals surface area (Å²) in [5, 5.41) is 3.20. The summed E-state index contributed by atoms with van der Waals surface area (Å²) < 4.78 is 27.9. The maximum atomic E-state index is 12.4. The van der Waals surface area contributed by atoms with Crippen LogP contribution in [0.1, 0.15) is 6.42 Å². The van der Waals surface area contributed by atoms with E-state index in [1.54, 1.807) is 10.4 Å². The van der Waals surface area contributed by atoms with Crippen LogP contribution >= 0.6 is 43.2 Å². The lowest BCUT2D eigenvalue weighted by Crippen LogP contribution is -2.34. The number of nitrogens with one attached hydrogen (secondary N) is 1. The average Bonchev–Trinajstić information content (AvgIpc) is 2.52. The lowest BCUT2D eigenvalue weighted by molar-refractivity contribution is 0.432. The first kappa shape index (κ1) is 14.0. The average molecular weight is 404 g/mol. The van der Waals surface area contributed by atoms with Crippen LogP contribution in [0.25, 0.3) is 0 Å². The molecule has 96 valence electrons. The quantitative estimate of drug-likeness (QED) is 0.823. The van der Waals surface area contributed by atoms with Crippen LogP contribution < -0.4 is 5.32 Å². The van der Waals surface area contributed by atoms with Crippen molar-refractivity contribution in [2.24, 2.45) is 0 Å². The first-order valence-electron chi connectivity index (χ1n) is 5.17. The second kappa shape index (κ2) is 5.66. The Labute approximate surface area is 122 Å². The molecular formula is C9H12Br2N2O2S2. The predicted molar refractivity (Wildman–Crippen MR) is 76.0 cm³/mol. The number of nitrogens with zero attached hydrogens (tertiary/aromatic N) is 1. The minimum Gasteiger partial charge on any atom is -0.315 e. The van der Waals surface area contributed by atoms with Gasteiger partial charge >= 0.3 is 0 Å². The van der Waals surface area contributed by atoms with E-state index in [1.807, 2.05) is 0 Å². The maximum absolute atomic E-state index is 12.4. The van der Waals surface area contributed by atoms with Gasteiger partial charge in [0, 0.05) is 19.6 Å². The van der Waals surface area contributed by atoms with Gasteiger partial charge in [-0.25, -0.2) is 8.42 Å². The number of halogens is 2. The van der Waals surface area contributed by atoms with E-state index in [9.17, 15) is 8.42 Å². The van der Waals surface area contributed by atoms with E-state index in [-0.39, 0.29) is 0 Å². The molecule has 17 heavy (non-hydrogen) atoms. The number of hydrogen-bond donors (Lipinski definition) is 1. The van der Waals surface area contributed by atoms with Gasteiger partial charge in [-0.05, 0) is 50.9 Å². The third-order valence-corrected chi connectivity index (χ3v) is 7.20. The highest BCUT2D eigenvalue weighted by Gasteiger charge is 2.28. The van der Waals surface area contributed by atoms with Gasteiger partial charge < -0.3 is 5.32 Å². The minimum atomic E-state index is -3.37. The molecule has 1 aliphatic rings. The van der Waals surface area contributed by atoms with Crippen LogP contribution in [0.3, 0.4) is 0 Å². The summed E-state index contributed by atoms with van der Waals surface area (Å²) in [6.45, 7) is 2.69. The van der Waals surface area contributed by atoms with E-state index in [4.69, 9.17) is 0 Å². The van der Waals surface area contributed by atoms with Crippen molar-refractivity contribution in [3.63, 3.8) is 0 Å². The molecule has 1 aliphatic heterocycles. The molecule has 4 nitrogen and oxygen atoms in total. The Kier molecular flexibility index (Phi) is 4.65. The fourth-order valence-corrected chi connectivity index (χ4v) is 6.94. The minimum absolute atomic E-state index is 0.358. The molecular weight excluding hydrogens is 392 g/mol. The first-order valence-corrected chi connectivity index (χ1v) is 9.02. The summed E-state index contributed by atoms with van der Waals surface area (Å²) in [5.74, 6) is 0. The van der Waals surface area contributed by atoms with E-state index in [2.05, 4.69) is 37.2 Å². The monoisotopic (exact) mass is 402 g/mol. The molecule has 0 unspecified atom stereocenters. The van der Waals surface area contributed by atoms with E-state index >= 15 is 0 Å². The van der Waals surface area contributed by atoms with Gasteiger partial charge in [0.15, 0.2) is 0 Å². The Morgan fingerprint density at radius 2 is 2.06 bits per heavy atom. The lowest BCUT2D eigenvalue weighted by Gasteiger charge is -2.18. The van der Waals surface area contributed by atoms with E-state index in [0.29, 0.717) is 28.3 Å². The third-order valence-electron chi connectivity index (χ3n) is 2.54. The van der Waals surface area contributed by atoms with Crippen LogP contribution in [0.15, 0.2) is 18.5 Å². The van der Waals surface area contributed by atoms with Crippen molar-refractivity contribution in [1.82, 2.24) is 9.62 Å². The molecule has 1 aromatic heterocycles. The smallest absolute Gasteiger partial charge is 0.245 e. The van der Waals surface area contributed by atoms with Crippen molar-refractivity contribution in [3.8, 4) is 0 Å². The van der Waals surface area contributed by atoms with Gasteiger partial charge in [0.1, 0.15) is 4.90 Å². The molecule has 0 aliphatic carbocycles. The molecule has 0 bridgehead atoms. The highest BCUT2D eigenvalue weighted by Crippen LogP contribution is 2.36. The standard InChI is InChI=1S/C9H12Br2N2O2S2/c10-8-6-7(9(11)16-8)17(14,15)13-4-1-2-12-3-5-13/h6,12H,1-5H2. The maximum Gasteiger partial charge on any atom is 0.245 e. The van der Waals surface area contributed by atoms with E-state index in [1.165, 1.54) is 11.3 Å². The molecule has 0 saturated carbocycles. The topological polar surface area (TPSA) is 49.4 Å². The summed E-state index contributed by atoms with van der Waals surface area (Å²) in [4.78, 5) is 0.358. The SMILES string of the molecule is O=S(=O)(c1cc(Br)sc1Br)N1CCCNCC1. The molecule has 0 amide bonds. The number of thiophene rings is 1. The second-order valence-electron chi connectivity index (χ2n) is 3.70. The van der Waals surface area contributed by atoms with Crippen LogP contribution in [-0.2, 0) is 10.0 Å². The molecule has 0 spiro atoms. The second-order valence-corrected chi connectivity index (χ2v) is 9.35. The van der Waals surface area contributed by atoms with Gasteiger partial charge in [0.05, 0.1) is 7.57 Å². The van der Waals surface area contributed by atoms with Gasteiger partial charge in [-0.2, -0.15) is 4.31 Å². The van der Waals surface area contributed by atoms with Crippen molar-refractivity contribution in [3.05, 3.63) is 13.6 Å². The zero-order valence-electron chi connectivity index (χ0n) is 8.95. The van der Waals surface area contributed by atoms with Crippen molar-refractivity contribution in [1.29, 1.82) is 0 Å². The summed E-state index contributed by atoms with van der Waals surface area (Å²) in [6.07, 6.45) is 0.849. The molecule has 1 aromatic rings. The van der Waals surface area contributed by atoms with Gasteiger partial charge in [-0.3, -0.25) is 0 Å². The first-order chi connectivity index (χ1) is 8.01. The van der Waals surface area contributed by atoms with Gasteiger partial charge in [0.25, 0.3) is 0 Å². The Hall–Kier alpha value is 0.530. The molecule has 1 fully saturated rings. The Morgan fingerprint density at radius 1 is 1.29 bits per heavy atom. The fourth-order valence-electron chi connectivity index (χ4n) is 1.70. The predicted octanol–water partition coefficient (Wildman–Crippen LogP) is 2.26. The molecule has 0 atom stereocenters. The molecule has 0 aromatic carbocycles. The Bertz CT molecular complexity index is 493. The molecule has 8 heteroatoms. The highest BCUT2D eigenvalue weighted by molar-refractivity contribution is 9.12. The molecule has 0 radical (unpaired) electrons. The normalized spacial score (nSPS) is 19.2. The number of hydrogen-bond acceptors (Lipinski definition) is 4. The molecule has 2 rings (SSSR count). The van der Waals surface area contributed by atoms with Crippen LogP contribution in [-0.4, -0.2) is 38.9 Å². The van der Waals surface area contributed by atoms with Gasteiger partial charge in [-0.1, -0.05) is 0 Å². The van der Waals surface area contributed by atoms with Crippen molar-refractivity contribution < 1.29 is 8.42 Å². The zero-order valence-corrected chi connectivity index (χ0v) is 13.8. The van der Waals surface area contributed by atoms with Crippen molar-refractivity contribution >= 4 is 53.2 Å². The fraction of sp³-hybridized carbons (Fsp3) is 0.556.